The van der Waals surface area contributed by atoms with Gasteiger partial charge in [-0.2, -0.15) is 0 Å². The summed E-state index contributed by atoms with van der Waals surface area (Å²) in [4.78, 5) is 47.0. The molecule has 0 unspecified atom stereocenters. The summed E-state index contributed by atoms with van der Waals surface area (Å²) in [5.41, 5.74) is 2.30. The van der Waals surface area contributed by atoms with Crippen LogP contribution in [0, 0.1) is 5.92 Å². The van der Waals surface area contributed by atoms with Crippen LogP contribution in [0.25, 0.3) is 27.3 Å². The highest BCUT2D eigenvalue weighted by Gasteiger charge is 2.41. The van der Waals surface area contributed by atoms with Gasteiger partial charge in [-0.15, -0.1) is 11.3 Å². The highest BCUT2D eigenvalue weighted by molar-refractivity contribution is 7.15. The van der Waals surface area contributed by atoms with Crippen molar-refractivity contribution in [1.29, 1.82) is 0 Å². The Labute approximate surface area is 323 Å². The standard InChI is InChI=1S/C42H45N7O5S/c1-53-22-23-54-37-13-12-31(24-43-37)39-44-25-33(55-39)26-46-18-14-34(36(27-46)30-8-4-2-5-9-30)40(50)47-20-16-42(52,17-21-47)28-48-29-45-38-35(41(48)51)15-19-49(38)32-10-6-3-7-11-32/h2-13,15,19,24-25,29,34,36,52H,14,16-18,20-23,26-28H2,1H3/t34-,36+/m1/s1. The third-order valence-corrected chi connectivity index (χ3v) is 11.9. The van der Waals surface area contributed by atoms with E-state index >= 15 is 0 Å². The number of carbonyl (C=O) groups is 1. The van der Waals surface area contributed by atoms with Crippen LogP contribution in [0.3, 0.4) is 0 Å². The van der Waals surface area contributed by atoms with Crippen molar-refractivity contribution in [3.05, 3.63) is 125 Å². The molecule has 2 saturated heterocycles. The Morgan fingerprint density at radius 1 is 0.927 bits per heavy atom. The van der Waals surface area contributed by atoms with Crippen LogP contribution in [0.4, 0.5) is 0 Å². The maximum Gasteiger partial charge on any atom is 0.262 e. The van der Waals surface area contributed by atoms with Crippen LogP contribution in [0.1, 0.15) is 35.6 Å². The number of amides is 1. The lowest BCUT2D eigenvalue weighted by molar-refractivity contribution is -0.142. The molecule has 6 heterocycles. The average Bonchev–Trinajstić information content (AvgIpc) is 3.88. The first-order valence-corrected chi connectivity index (χ1v) is 19.6. The summed E-state index contributed by atoms with van der Waals surface area (Å²) in [6.07, 6.45) is 8.61. The molecule has 0 aliphatic carbocycles. The van der Waals surface area contributed by atoms with Crippen molar-refractivity contribution >= 4 is 28.3 Å². The van der Waals surface area contributed by atoms with Crippen molar-refractivity contribution in [3.63, 3.8) is 0 Å². The summed E-state index contributed by atoms with van der Waals surface area (Å²) in [5, 5.41) is 13.1. The fraction of sp³-hybridized carbons (Fsp3) is 0.357. The van der Waals surface area contributed by atoms with E-state index in [0.29, 0.717) is 56.1 Å². The summed E-state index contributed by atoms with van der Waals surface area (Å²) in [7, 11) is 1.64. The molecule has 2 fully saturated rings. The van der Waals surface area contributed by atoms with Crippen LogP contribution in [-0.2, 0) is 22.6 Å². The van der Waals surface area contributed by atoms with Gasteiger partial charge in [0.05, 0.1) is 24.1 Å². The molecule has 0 bridgehead atoms. The van der Waals surface area contributed by atoms with E-state index in [1.54, 1.807) is 30.7 Å². The Balaban J connectivity index is 0.903. The van der Waals surface area contributed by atoms with Gasteiger partial charge in [-0.3, -0.25) is 19.1 Å². The monoisotopic (exact) mass is 759 g/mol. The Bertz CT molecular complexity index is 2270. The topological polar surface area (TPSA) is 128 Å². The lowest BCUT2D eigenvalue weighted by atomic mass is 9.79. The largest absolute Gasteiger partial charge is 0.475 e. The van der Waals surface area contributed by atoms with Gasteiger partial charge < -0.3 is 24.0 Å². The summed E-state index contributed by atoms with van der Waals surface area (Å²) in [6, 6.07) is 25.7. The number of ether oxygens (including phenoxy) is 2. The van der Waals surface area contributed by atoms with Crippen molar-refractivity contribution in [2.45, 2.75) is 43.9 Å². The number of hydrogen-bond acceptors (Lipinski definition) is 10. The second-order valence-electron chi connectivity index (χ2n) is 14.5. The van der Waals surface area contributed by atoms with Crippen LogP contribution in [0.5, 0.6) is 5.88 Å². The SMILES string of the molecule is COCCOc1ccc(-c2ncc(CN3CC[C@@H](C(=O)N4CCC(O)(Cn5cnc6c(ccn6-c6ccccc6)c5=O)CC4)[C@H](c4ccccc4)C3)s2)cn1. The number of hydrogen-bond donors (Lipinski definition) is 1. The number of nitrogens with zero attached hydrogens (tertiary/aromatic N) is 7. The fourth-order valence-electron chi connectivity index (χ4n) is 7.87. The van der Waals surface area contributed by atoms with Crippen molar-refractivity contribution < 1.29 is 19.4 Å². The molecule has 2 aromatic carbocycles. The number of rotatable bonds is 12. The van der Waals surface area contributed by atoms with E-state index in [2.05, 4.69) is 27.0 Å². The number of aliphatic hydroxyl groups is 1. The number of benzene rings is 2. The molecule has 0 radical (unpaired) electrons. The first kappa shape index (κ1) is 36.8. The third-order valence-electron chi connectivity index (χ3n) is 10.9. The summed E-state index contributed by atoms with van der Waals surface area (Å²) in [5.74, 6) is 0.561. The van der Waals surface area contributed by atoms with Gasteiger partial charge in [-0.1, -0.05) is 48.5 Å². The molecule has 8 rings (SSSR count). The Kier molecular flexibility index (Phi) is 10.9. The van der Waals surface area contributed by atoms with Gasteiger partial charge in [0.15, 0.2) is 5.65 Å². The molecule has 284 valence electrons. The van der Waals surface area contributed by atoms with Crippen molar-refractivity contribution in [3.8, 4) is 22.1 Å². The zero-order chi connectivity index (χ0) is 37.8. The van der Waals surface area contributed by atoms with E-state index in [1.165, 1.54) is 10.9 Å². The Hall–Kier alpha value is -5.21. The molecular formula is C42H45N7O5S. The van der Waals surface area contributed by atoms with Crippen LogP contribution in [0.2, 0.25) is 0 Å². The number of piperidine rings is 2. The fourth-order valence-corrected chi connectivity index (χ4v) is 8.81. The van der Waals surface area contributed by atoms with E-state index < -0.39 is 5.60 Å². The molecule has 2 aliphatic rings. The average molecular weight is 760 g/mol. The molecule has 2 aliphatic heterocycles. The highest BCUT2D eigenvalue weighted by atomic mass is 32.1. The first-order valence-electron chi connectivity index (χ1n) is 18.8. The lowest BCUT2D eigenvalue weighted by Gasteiger charge is -2.43. The van der Waals surface area contributed by atoms with Crippen molar-refractivity contribution in [2.75, 3.05) is 46.5 Å². The van der Waals surface area contributed by atoms with Crippen LogP contribution in [0.15, 0.2) is 109 Å². The third kappa shape index (κ3) is 8.11. The number of fused-ring (bicyclic) bond motifs is 1. The second-order valence-corrected chi connectivity index (χ2v) is 15.6. The minimum atomic E-state index is -1.12. The quantitative estimate of drug-likeness (QED) is 0.164. The van der Waals surface area contributed by atoms with E-state index in [1.807, 2.05) is 82.5 Å². The molecule has 4 aromatic heterocycles. The van der Waals surface area contributed by atoms with Gasteiger partial charge in [-0.05, 0) is 55.6 Å². The summed E-state index contributed by atoms with van der Waals surface area (Å²) in [6.45, 7) is 4.25. The summed E-state index contributed by atoms with van der Waals surface area (Å²) >= 11 is 1.66. The number of para-hydroxylation sites is 1. The predicted octanol–water partition coefficient (Wildman–Crippen LogP) is 5.39. The molecule has 2 atom stereocenters. The number of pyridine rings is 1. The van der Waals surface area contributed by atoms with Gasteiger partial charge >= 0.3 is 0 Å². The second kappa shape index (κ2) is 16.3. The minimum Gasteiger partial charge on any atom is -0.475 e. The normalized spacial score (nSPS) is 18.8. The van der Waals surface area contributed by atoms with Gasteiger partial charge in [0, 0.05) is 85.9 Å². The first-order chi connectivity index (χ1) is 26.9. The molecule has 0 saturated carbocycles. The van der Waals surface area contributed by atoms with Crippen LogP contribution >= 0.6 is 11.3 Å². The van der Waals surface area contributed by atoms with E-state index in [9.17, 15) is 14.7 Å². The minimum absolute atomic E-state index is 0.0325. The van der Waals surface area contributed by atoms with Crippen molar-refractivity contribution in [2.24, 2.45) is 5.92 Å². The van der Waals surface area contributed by atoms with Gasteiger partial charge in [-0.25, -0.2) is 15.0 Å². The van der Waals surface area contributed by atoms with Crippen molar-refractivity contribution in [1.82, 2.24) is 33.9 Å². The number of thiazole rings is 1. The molecular weight excluding hydrogens is 715 g/mol. The zero-order valence-electron chi connectivity index (χ0n) is 30.9. The molecule has 12 nitrogen and oxygen atoms in total. The molecule has 1 N–H and O–H groups in total. The number of likely N-dealkylation sites (tertiary alicyclic amines) is 2. The van der Waals surface area contributed by atoms with E-state index in [0.717, 1.165) is 52.8 Å². The van der Waals surface area contributed by atoms with E-state index in [4.69, 9.17) is 14.5 Å². The Morgan fingerprint density at radius 3 is 2.45 bits per heavy atom. The van der Waals surface area contributed by atoms with Crippen LogP contribution in [-0.4, -0.2) is 97.0 Å². The lowest BCUT2D eigenvalue weighted by Crippen LogP contribution is -2.53. The van der Waals surface area contributed by atoms with Crippen LogP contribution < -0.4 is 10.3 Å². The summed E-state index contributed by atoms with van der Waals surface area (Å²) < 4.78 is 14.0. The maximum atomic E-state index is 14.3. The maximum absolute atomic E-state index is 14.3. The molecule has 55 heavy (non-hydrogen) atoms. The Morgan fingerprint density at radius 2 is 1.71 bits per heavy atom. The molecule has 0 spiro atoms. The number of carbonyl (C=O) groups excluding carboxylic acids is 1. The smallest absolute Gasteiger partial charge is 0.262 e. The molecule has 13 heteroatoms. The van der Waals surface area contributed by atoms with Gasteiger partial charge in [0.25, 0.3) is 5.56 Å². The zero-order valence-corrected chi connectivity index (χ0v) is 31.7. The predicted molar refractivity (Wildman–Crippen MR) is 211 cm³/mol. The molecule has 1 amide bonds. The number of methoxy groups -OCH3 is 1. The van der Waals surface area contributed by atoms with Gasteiger partial charge in [0.2, 0.25) is 11.8 Å². The van der Waals surface area contributed by atoms with E-state index in [-0.39, 0.29) is 29.8 Å². The highest BCUT2D eigenvalue weighted by Crippen LogP contribution is 2.37. The number of aromatic nitrogens is 5. The van der Waals surface area contributed by atoms with Gasteiger partial charge in [0.1, 0.15) is 17.9 Å². The molecule has 6 aromatic rings.